The molecule has 0 aromatic heterocycles. The summed E-state index contributed by atoms with van der Waals surface area (Å²) in [4.78, 5) is 2.36. The zero-order valence-electron chi connectivity index (χ0n) is 18.3. The molecule has 0 bridgehead atoms. The maximum Gasteiger partial charge on any atom is 0.0814 e. The lowest BCUT2D eigenvalue weighted by molar-refractivity contribution is 0.281. The van der Waals surface area contributed by atoms with Crippen molar-refractivity contribution >= 4 is 17.0 Å². The highest BCUT2D eigenvalue weighted by molar-refractivity contribution is 5.76. The van der Waals surface area contributed by atoms with Crippen LogP contribution in [0.2, 0.25) is 0 Å². The Hall–Kier alpha value is -2.80. The van der Waals surface area contributed by atoms with Gasteiger partial charge < -0.3 is 20.7 Å². The Bertz CT molecular complexity index is 1030. The van der Waals surface area contributed by atoms with Crippen molar-refractivity contribution in [3.05, 3.63) is 76.5 Å². The van der Waals surface area contributed by atoms with Gasteiger partial charge in [0.1, 0.15) is 0 Å². The molecular weight excluding hydrogens is 386 g/mol. The third-order valence-electron chi connectivity index (χ3n) is 6.59. The van der Waals surface area contributed by atoms with E-state index in [0.717, 1.165) is 49.4 Å². The molecular formula is C25H31N5O. The van der Waals surface area contributed by atoms with Crippen LogP contribution in [-0.2, 0) is 6.61 Å². The summed E-state index contributed by atoms with van der Waals surface area (Å²) in [5, 5.41) is 15.3. The molecule has 3 aliphatic rings. The van der Waals surface area contributed by atoms with Gasteiger partial charge in [0.25, 0.3) is 0 Å². The maximum absolute atomic E-state index is 9.35. The summed E-state index contributed by atoms with van der Waals surface area (Å²) in [5.74, 6) is 0. The van der Waals surface area contributed by atoms with E-state index < -0.39 is 0 Å². The highest BCUT2D eigenvalue weighted by Gasteiger charge is 2.30. The van der Waals surface area contributed by atoms with Gasteiger partial charge in [-0.1, -0.05) is 30.3 Å². The number of nitrogens with one attached hydrogen (secondary N) is 3. The number of nitrogens with zero attached hydrogens (tertiary/aromatic N) is 2. The van der Waals surface area contributed by atoms with Crippen molar-refractivity contribution in [1.29, 1.82) is 0 Å². The van der Waals surface area contributed by atoms with Crippen LogP contribution in [0.1, 0.15) is 48.1 Å². The number of allylic oxidation sites excluding steroid dienone is 1. The normalized spacial score (nSPS) is 21.2. The number of hydrazine groups is 2. The number of aliphatic hydroxyl groups is 1. The lowest BCUT2D eigenvalue weighted by atomic mass is 9.90. The van der Waals surface area contributed by atoms with Crippen LogP contribution in [0, 0.1) is 0 Å². The largest absolute Gasteiger partial charge is 0.392 e. The van der Waals surface area contributed by atoms with Crippen molar-refractivity contribution in [3.8, 4) is 0 Å². The van der Waals surface area contributed by atoms with Crippen LogP contribution in [-0.4, -0.2) is 41.7 Å². The summed E-state index contributed by atoms with van der Waals surface area (Å²) in [6.45, 7) is 5.22. The molecule has 0 saturated carbocycles. The third kappa shape index (κ3) is 3.94. The fourth-order valence-electron chi connectivity index (χ4n) is 4.75. The molecule has 2 aromatic rings. The van der Waals surface area contributed by atoms with E-state index in [9.17, 15) is 5.11 Å². The third-order valence-corrected chi connectivity index (χ3v) is 6.59. The van der Waals surface area contributed by atoms with Crippen LogP contribution < -0.4 is 16.3 Å². The average Bonchev–Trinajstić information content (AvgIpc) is 3.09. The molecule has 2 aromatic carbocycles. The van der Waals surface area contributed by atoms with Gasteiger partial charge in [-0.25, -0.2) is 0 Å². The molecule has 0 amide bonds. The molecule has 6 nitrogen and oxygen atoms in total. The van der Waals surface area contributed by atoms with Crippen LogP contribution in [0.3, 0.4) is 0 Å². The number of hydrogen-bond donors (Lipinski definition) is 4. The Morgan fingerprint density at radius 1 is 1.13 bits per heavy atom. The van der Waals surface area contributed by atoms with E-state index in [1.54, 1.807) is 0 Å². The van der Waals surface area contributed by atoms with E-state index >= 15 is 0 Å². The average molecular weight is 418 g/mol. The minimum Gasteiger partial charge on any atom is -0.392 e. The summed E-state index contributed by atoms with van der Waals surface area (Å²) < 4.78 is 0. The standard InChI is InChI=1S/C25H31N5O/c1-17-25-22-8-5-20(19-9-12-29(2)13-10-19)15-23(22)24(11-14-30(25)28-27-17)26-21-6-3-18(16-31)4-7-21/h3-9,15,24,26-28,31H,10-14,16H2,1-2H3. The van der Waals surface area contributed by atoms with Crippen LogP contribution in [0.5, 0.6) is 0 Å². The number of aliphatic hydroxyl groups excluding tert-OH is 1. The zero-order valence-corrected chi connectivity index (χ0v) is 18.3. The summed E-state index contributed by atoms with van der Waals surface area (Å²) in [5.41, 5.74) is 16.4. The van der Waals surface area contributed by atoms with Gasteiger partial charge in [-0.2, -0.15) is 0 Å². The van der Waals surface area contributed by atoms with Crippen molar-refractivity contribution in [1.82, 2.24) is 20.9 Å². The summed E-state index contributed by atoms with van der Waals surface area (Å²) in [7, 11) is 2.18. The zero-order chi connectivity index (χ0) is 21.4. The first-order valence-corrected chi connectivity index (χ1v) is 11.1. The Balaban J connectivity index is 1.54. The quantitative estimate of drug-likeness (QED) is 0.611. The summed E-state index contributed by atoms with van der Waals surface area (Å²) in [6, 6.07) is 15.3. The van der Waals surface area contributed by atoms with Crippen molar-refractivity contribution in [3.63, 3.8) is 0 Å². The summed E-state index contributed by atoms with van der Waals surface area (Å²) >= 11 is 0. The predicted molar refractivity (Wildman–Crippen MR) is 125 cm³/mol. The topological polar surface area (TPSA) is 62.8 Å². The van der Waals surface area contributed by atoms with Crippen molar-refractivity contribution < 1.29 is 5.11 Å². The Kier molecular flexibility index (Phi) is 5.44. The van der Waals surface area contributed by atoms with Gasteiger partial charge in [-0.3, -0.25) is 5.01 Å². The molecule has 1 atom stereocenters. The minimum absolute atomic E-state index is 0.0707. The second kappa shape index (κ2) is 8.38. The maximum atomic E-state index is 9.35. The number of anilines is 1. The second-order valence-electron chi connectivity index (χ2n) is 8.75. The summed E-state index contributed by atoms with van der Waals surface area (Å²) in [6.07, 6.45) is 4.44. The fraction of sp³-hybridized carbons (Fsp3) is 0.360. The van der Waals surface area contributed by atoms with E-state index in [1.807, 2.05) is 12.1 Å². The molecule has 6 heteroatoms. The lowest BCUT2D eigenvalue weighted by Gasteiger charge is -2.25. The van der Waals surface area contributed by atoms with Crippen molar-refractivity contribution in [2.45, 2.75) is 32.4 Å². The minimum atomic E-state index is 0.0707. The van der Waals surface area contributed by atoms with Crippen molar-refractivity contribution in [2.24, 2.45) is 0 Å². The van der Waals surface area contributed by atoms with Crippen LogP contribution >= 0.6 is 0 Å². The number of likely N-dealkylation sites (N-methyl/N-ethyl adjacent to an activating group) is 1. The van der Waals surface area contributed by atoms with Gasteiger partial charge in [-0.15, -0.1) is 5.53 Å². The monoisotopic (exact) mass is 417 g/mol. The van der Waals surface area contributed by atoms with Gasteiger partial charge in [-0.05, 0) is 67.3 Å². The first kappa shape index (κ1) is 20.1. The molecule has 0 aliphatic carbocycles. The number of fused-ring (bicyclic) bond motifs is 3. The molecule has 3 aliphatic heterocycles. The SMILES string of the molecule is CC1=C2c3ccc(C4=CCN(C)CC4)cc3C(Nc3ccc(CO)cc3)CCN2NN1. The van der Waals surface area contributed by atoms with Gasteiger partial charge in [0.15, 0.2) is 0 Å². The smallest absolute Gasteiger partial charge is 0.0814 e. The first-order chi connectivity index (χ1) is 15.1. The molecule has 3 heterocycles. The van der Waals surface area contributed by atoms with Gasteiger partial charge in [0.2, 0.25) is 0 Å². The molecule has 4 N–H and O–H groups in total. The number of hydrogen-bond acceptors (Lipinski definition) is 6. The van der Waals surface area contributed by atoms with Crippen LogP contribution in [0.4, 0.5) is 5.69 Å². The Labute approximate surface area is 184 Å². The highest BCUT2D eigenvalue weighted by Crippen LogP contribution is 2.39. The van der Waals surface area contributed by atoms with Crippen LogP contribution in [0.15, 0.2) is 54.2 Å². The predicted octanol–water partition coefficient (Wildman–Crippen LogP) is 3.47. The molecule has 0 saturated heterocycles. The number of benzene rings is 2. The van der Waals surface area contributed by atoms with E-state index in [0.29, 0.717) is 0 Å². The van der Waals surface area contributed by atoms with Gasteiger partial charge in [0.05, 0.1) is 24.0 Å². The fourth-order valence-corrected chi connectivity index (χ4v) is 4.75. The van der Waals surface area contributed by atoms with Crippen LogP contribution in [0.25, 0.3) is 11.3 Å². The molecule has 0 radical (unpaired) electrons. The lowest BCUT2D eigenvalue weighted by Crippen LogP contribution is -2.37. The van der Waals surface area contributed by atoms with E-state index in [-0.39, 0.29) is 12.6 Å². The molecule has 31 heavy (non-hydrogen) atoms. The molecule has 1 unspecified atom stereocenters. The highest BCUT2D eigenvalue weighted by atomic mass is 16.3. The van der Waals surface area contributed by atoms with Gasteiger partial charge in [0, 0.05) is 30.9 Å². The Morgan fingerprint density at radius 2 is 1.97 bits per heavy atom. The molecule has 0 fully saturated rings. The number of rotatable bonds is 4. The Morgan fingerprint density at radius 3 is 2.71 bits per heavy atom. The van der Waals surface area contributed by atoms with E-state index in [2.05, 4.69) is 76.6 Å². The van der Waals surface area contributed by atoms with E-state index in [1.165, 1.54) is 28.0 Å². The van der Waals surface area contributed by atoms with Gasteiger partial charge >= 0.3 is 0 Å². The van der Waals surface area contributed by atoms with Crippen molar-refractivity contribution in [2.75, 3.05) is 32.0 Å². The molecule has 162 valence electrons. The first-order valence-electron chi connectivity index (χ1n) is 11.1. The molecule has 0 spiro atoms. The van der Waals surface area contributed by atoms with E-state index in [4.69, 9.17) is 0 Å². The second-order valence-corrected chi connectivity index (χ2v) is 8.75. The molecule has 5 rings (SSSR count).